The van der Waals surface area contributed by atoms with Gasteiger partial charge in [0.25, 0.3) is 5.91 Å². The van der Waals surface area contributed by atoms with Gasteiger partial charge in [0.2, 0.25) is 0 Å². The molecular weight excluding hydrogens is 342 g/mol. The number of carbonyl (C=O) groups is 1. The van der Waals surface area contributed by atoms with Crippen LogP contribution in [0.5, 0.6) is 0 Å². The maximum absolute atomic E-state index is 12.8. The number of hydrogen-bond donors (Lipinski definition) is 3. The molecule has 2 heterocycles. The van der Waals surface area contributed by atoms with Gasteiger partial charge in [-0.15, -0.1) is 0 Å². The highest BCUT2D eigenvalue weighted by atomic mass is 16.3. The molecule has 1 saturated carbocycles. The number of nitrogens with one attached hydrogen (secondary N) is 1. The Balaban J connectivity index is 1.48. The van der Waals surface area contributed by atoms with Crippen molar-refractivity contribution in [1.82, 2.24) is 14.9 Å². The van der Waals surface area contributed by atoms with E-state index in [0.717, 1.165) is 54.0 Å². The first-order valence-corrected chi connectivity index (χ1v) is 9.90. The predicted octanol–water partition coefficient (Wildman–Crippen LogP) is 2.39. The van der Waals surface area contributed by atoms with Gasteiger partial charge in [0.15, 0.2) is 0 Å². The number of aliphatic hydroxyl groups excluding tert-OH is 2. The first kappa shape index (κ1) is 18.2. The monoisotopic (exact) mass is 369 g/mol. The summed E-state index contributed by atoms with van der Waals surface area (Å²) in [7, 11) is 0. The van der Waals surface area contributed by atoms with Crippen LogP contribution in [0.25, 0.3) is 11.4 Å². The van der Waals surface area contributed by atoms with Gasteiger partial charge in [0, 0.05) is 18.5 Å². The zero-order chi connectivity index (χ0) is 18.8. The van der Waals surface area contributed by atoms with Crippen molar-refractivity contribution in [2.24, 2.45) is 5.92 Å². The van der Waals surface area contributed by atoms with Crippen molar-refractivity contribution in [3.05, 3.63) is 41.2 Å². The van der Waals surface area contributed by atoms with Crippen molar-refractivity contribution in [3.63, 3.8) is 0 Å². The van der Waals surface area contributed by atoms with Crippen LogP contribution in [0.15, 0.2) is 24.3 Å². The Bertz CT molecular complexity index is 811. The van der Waals surface area contributed by atoms with Gasteiger partial charge in [0.1, 0.15) is 11.9 Å². The summed E-state index contributed by atoms with van der Waals surface area (Å²) < 4.78 is 0. The average molecular weight is 369 g/mol. The number of aromatic nitrogens is 2. The molecule has 6 heteroatoms. The van der Waals surface area contributed by atoms with Crippen LogP contribution in [0, 0.1) is 5.92 Å². The molecule has 4 rings (SSSR count). The molecule has 1 aromatic carbocycles. The molecule has 1 aliphatic heterocycles. The van der Waals surface area contributed by atoms with E-state index in [1.54, 1.807) is 4.90 Å². The molecule has 144 valence electrons. The number of fused-ring (bicyclic) bond motifs is 1. The minimum atomic E-state index is -0.879. The zero-order valence-corrected chi connectivity index (χ0v) is 15.5. The van der Waals surface area contributed by atoms with Gasteiger partial charge in [-0.05, 0) is 30.4 Å². The molecule has 1 amide bonds. The Labute approximate surface area is 159 Å². The number of imidazole rings is 1. The predicted molar refractivity (Wildman–Crippen MR) is 102 cm³/mol. The lowest BCUT2D eigenvalue weighted by Crippen LogP contribution is -2.45. The lowest BCUT2D eigenvalue weighted by atomic mass is 9.84. The molecule has 0 spiro atoms. The minimum absolute atomic E-state index is 0.00437. The van der Waals surface area contributed by atoms with E-state index in [1.165, 1.54) is 6.42 Å². The fraction of sp³-hybridized carbons (Fsp3) is 0.524. The standard InChI is InChI=1S/C21H27N3O3/c25-13-14-5-4-8-16(11-14)20-22-17-9-10-24(12-18(17)23-20)21(27)19(26)15-6-2-1-3-7-15/h4-5,8,11,15,19,25-26H,1-3,6-7,9-10,12-13H2,(H,22,23)/t19-/m1/s1. The average Bonchev–Trinajstić information content (AvgIpc) is 3.17. The van der Waals surface area contributed by atoms with Crippen molar-refractivity contribution in [2.75, 3.05) is 6.54 Å². The summed E-state index contributed by atoms with van der Waals surface area (Å²) in [6.07, 6.45) is 5.12. The summed E-state index contributed by atoms with van der Waals surface area (Å²) in [6.45, 7) is 1.05. The van der Waals surface area contributed by atoms with Crippen LogP contribution in [0.3, 0.4) is 0 Å². The Morgan fingerprint density at radius 3 is 2.89 bits per heavy atom. The fourth-order valence-electron chi connectivity index (χ4n) is 4.27. The van der Waals surface area contributed by atoms with Gasteiger partial charge in [0.05, 0.1) is 24.5 Å². The van der Waals surface area contributed by atoms with Crippen LogP contribution in [-0.4, -0.2) is 43.6 Å². The summed E-state index contributed by atoms with van der Waals surface area (Å²) in [6, 6.07) is 7.65. The maximum atomic E-state index is 12.8. The number of carbonyl (C=O) groups excluding carboxylic acids is 1. The number of amides is 1. The number of H-pyrrole nitrogens is 1. The van der Waals surface area contributed by atoms with Crippen LogP contribution in [0.4, 0.5) is 0 Å². The topological polar surface area (TPSA) is 89.4 Å². The molecule has 27 heavy (non-hydrogen) atoms. The number of aliphatic hydroxyl groups is 2. The molecule has 1 aromatic heterocycles. The van der Waals surface area contributed by atoms with E-state index in [9.17, 15) is 15.0 Å². The number of rotatable bonds is 4. The lowest BCUT2D eigenvalue weighted by molar-refractivity contribution is -0.144. The molecule has 2 aliphatic rings. The van der Waals surface area contributed by atoms with Crippen LogP contribution in [0.2, 0.25) is 0 Å². The maximum Gasteiger partial charge on any atom is 0.252 e. The smallest absolute Gasteiger partial charge is 0.252 e. The summed E-state index contributed by atoms with van der Waals surface area (Å²) in [5.41, 5.74) is 3.69. The molecule has 0 bridgehead atoms. The van der Waals surface area contributed by atoms with E-state index in [2.05, 4.69) is 9.97 Å². The third-order valence-electron chi connectivity index (χ3n) is 5.88. The molecule has 0 unspecified atom stereocenters. The van der Waals surface area contributed by atoms with Gasteiger partial charge in [-0.25, -0.2) is 4.98 Å². The Kier molecular flexibility index (Phi) is 5.27. The minimum Gasteiger partial charge on any atom is -0.392 e. The van der Waals surface area contributed by atoms with E-state index < -0.39 is 6.10 Å². The second kappa shape index (κ2) is 7.82. The largest absolute Gasteiger partial charge is 0.392 e. The number of hydrogen-bond acceptors (Lipinski definition) is 4. The zero-order valence-electron chi connectivity index (χ0n) is 15.5. The summed E-state index contributed by atoms with van der Waals surface area (Å²) in [5.74, 6) is 0.717. The molecule has 1 fully saturated rings. The normalized spacial score (nSPS) is 19.0. The third kappa shape index (κ3) is 3.77. The second-order valence-electron chi connectivity index (χ2n) is 7.72. The first-order valence-electron chi connectivity index (χ1n) is 9.90. The van der Waals surface area contributed by atoms with Crippen LogP contribution in [-0.2, 0) is 24.4 Å². The van der Waals surface area contributed by atoms with E-state index in [4.69, 9.17) is 0 Å². The molecule has 0 saturated heterocycles. The van der Waals surface area contributed by atoms with E-state index in [1.807, 2.05) is 24.3 Å². The first-order chi connectivity index (χ1) is 13.2. The highest BCUT2D eigenvalue weighted by molar-refractivity contribution is 5.81. The quantitative estimate of drug-likeness (QED) is 0.772. The van der Waals surface area contributed by atoms with Crippen molar-refractivity contribution < 1.29 is 15.0 Å². The van der Waals surface area contributed by atoms with Crippen molar-refractivity contribution in [3.8, 4) is 11.4 Å². The number of aromatic amines is 1. The Morgan fingerprint density at radius 2 is 2.11 bits per heavy atom. The third-order valence-corrected chi connectivity index (χ3v) is 5.88. The lowest BCUT2D eigenvalue weighted by Gasteiger charge is -2.32. The highest BCUT2D eigenvalue weighted by Crippen LogP contribution is 2.29. The van der Waals surface area contributed by atoms with Gasteiger partial charge < -0.3 is 20.1 Å². The van der Waals surface area contributed by atoms with Gasteiger partial charge in [-0.3, -0.25) is 4.79 Å². The van der Waals surface area contributed by atoms with E-state index in [0.29, 0.717) is 19.5 Å². The van der Waals surface area contributed by atoms with Crippen molar-refractivity contribution in [2.45, 2.75) is 57.8 Å². The van der Waals surface area contributed by atoms with E-state index in [-0.39, 0.29) is 18.4 Å². The number of benzene rings is 1. The van der Waals surface area contributed by atoms with E-state index >= 15 is 0 Å². The molecule has 0 radical (unpaired) electrons. The number of nitrogens with zero attached hydrogens (tertiary/aromatic N) is 2. The van der Waals surface area contributed by atoms with Gasteiger partial charge >= 0.3 is 0 Å². The Hall–Kier alpha value is -2.18. The molecular formula is C21H27N3O3. The molecule has 3 N–H and O–H groups in total. The molecule has 1 atom stereocenters. The van der Waals surface area contributed by atoms with Crippen molar-refractivity contribution in [1.29, 1.82) is 0 Å². The molecule has 6 nitrogen and oxygen atoms in total. The second-order valence-corrected chi connectivity index (χ2v) is 7.72. The summed E-state index contributed by atoms with van der Waals surface area (Å²) in [4.78, 5) is 22.6. The Morgan fingerprint density at radius 1 is 1.30 bits per heavy atom. The highest BCUT2D eigenvalue weighted by Gasteiger charge is 2.33. The van der Waals surface area contributed by atoms with Crippen molar-refractivity contribution >= 4 is 5.91 Å². The summed E-state index contributed by atoms with van der Waals surface area (Å²) >= 11 is 0. The van der Waals surface area contributed by atoms with Gasteiger partial charge in [-0.2, -0.15) is 0 Å². The van der Waals surface area contributed by atoms with Crippen LogP contribution in [0.1, 0.15) is 49.1 Å². The molecule has 2 aromatic rings. The van der Waals surface area contributed by atoms with Crippen LogP contribution >= 0.6 is 0 Å². The summed E-state index contributed by atoms with van der Waals surface area (Å²) in [5, 5.41) is 19.9. The fourth-order valence-corrected chi connectivity index (χ4v) is 4.27. The van der Waals surface area contributed by atoms with Gasteiger partial charge in [-0.1, -0.05) is 37.5 Å². The van der Waals surface area contributed by atoms with Crippen LogP contribution < -0.4 is 0 Å². The SMILES string of the molecule is O=C([C@H](O)C1CCCCC1)N1CCc2nc(-c3cccc(CO)c3)[nH]c2C1. The molecule has 1 aliphatic carbocycles.